The van der Waals surface area contributed by atoms with Crippen molar-refractivity contribution >= 4 is 0 Å². The molecule has 5 nitrogen and oxygen atoms in total. The van der Waals surface area contributed by atoms with Crippen LogP contribution in [0.1, 0.15) is 12.1 Å². The molecule has 1 aromatic heterocycles. The van der Waals surface area contributed by atoms with Gasteiger partial charge in [-0.15, -0.1) is 0 Å². The van der Waals surface area contributed by atoms with Gasteiger partial charge >= 0.3 is 0 Å². The Morgan fingerprint density at radius 2 is 2.20 bits per heavy atom. The van der Waals surface area contributed by atoms with Crippen LogP contribution in [-0.4, -0.2) is 42.1 Å². The Morgan fingerprint density at radius 3 is 2.87 bits per heavy atom. The van der Waals surface area contributed by atoms with Crippen LogP contribution < -0.4 is 10.5 Å². The normalized spacial score (nSPS) is 10.7. The first-order valence-corrected chi connectivity index (χ1v) is 5.01. The van der Waals surface area contributed by atoms with Crippen molar-refractivity contribution in [2.45, 2.75) is 13.0 Å². The third-order valence-electron chi connectivity index (χ3n) is 1.87. The standard InChI is InChI=1S/C10H18N4O/c1-14(2)4-3-5-15-10-8-12-7-9(6-11)13-10/h7-8H,3-6,11H2,1-2H3. The van der Waals surface area contributed by atoms with Gasteiger partial charge in [0.25, 0.3) is 0 Å². The second-order valence-electron chi connectivity index (χ2n) is 3.56. The van der Waals surface area contributed by atoms with E-state index in [9.17, 15) is 0 Å². The van der Waals surface area contributed by atoms with Crippen molar-refractivity contribution in [2.75, 3.05) is 27.2 Å². The molecular formula is C10H18N4O. The minimum atomic E-state index is 0.391. The molecule has 0 amide bonds. The summed E-state index contributed by atoms with van der Waals surface area (Å²) in [6, 6.07) is 0. The summed E-state index contributed by atoms with van der Waals surface area (Å²) >= 11 is 0. The monoisotopic (exact) mass is 210 g/mol. The molecule has 0 aromatic carbocycles. The first kappa shape index (κ1) is 11.9. The maximum atomic E-state index is 5.45. The fourth-order valence-electron chi connectivity index (χ4n) is 1.11. The second-order valence-corrected chi connectivity index (χ2v) is 3.56. The predicted octanol–water partition coefficient (Wildman–Crippen LogP) is 0.266. The van der Waals surface area contributed by atoms with Crippen molar-refractivity contribution < 1.29 is 4.74 Å². The van der Waals surface area contributed by atoms with E-state index in [-0.39, 0.29) is 0 Å². The minimum absolute atomic E-state index is 0.391. The summed E-state index contributed by atoms with van der Waals surface area (Å²) in [5.74, 6) is 0.553. The highest BCUT2D eigenvalue weighted by molar-refractivity contribution is 5.07. The van der Waals surface area contributed by atoms with Gasteiger partial charge in [0.15, 0.2) is 0 Å². The Balaban J connectivity index is 2.30. The first-order chi connectivity index (χ1) is 7.22. The van der Waals surface area contributed by atoms with Crippen molar-refractivity contribution in [1.82, 2.24) is 14.9 Å². The molecule has 0 fully saturated rings. The SMILES string of the molecule is CN(C)CCCOc1cncc(CN)n1. The molecule has 1 aromatic rings. The Labute approximate surface area is 90.3 Å². The van der Waals surface area contributed by atoms with Gasteiger partial charge in [-0.25, -0.2) is 4.98 Å². The summed E-state index contributed by atoms with van der Waals surface area (Å²) in [5, 5.41) is 0. The number of aromatic nitrogens is 2. The number of hydrogen-bond acceptors (Lipinski definition) is 5. The number of nitrogens with two attached hydrogens (primary N) is 1. The third kappa shape index (κ3) is 4.71. The lowest BCUT2D eigenvalue weighted by Gasteiger charge is -2.09. The van der Waals surface area contributed by atoms with E-state index in [1.807, 2.05) is 14.1 Å². The predicted molar refractivity (Wildman–Crippen MR) is 58.6 cm³/mol. The molecule has 0 aliphatic heterocycles. The molecule has 0 spiro atoms. The molecule has 5 heteroatoms. The van der Waals surface area contributed by atoms with Gasteiger partial charge in [0.05, 0.1) is 18.5 Å². The molecule has 84 valence electrons. The van der Waals surface area contributed by atoms with Crippen LogP contribution in [0.15, 0.2) is 12.4 Å². The quantitative estimate of drug-likeness (QED) is 0.683. The van der Waals surface area contributed by atoms with Crippen LogP contribution in [0.4, 0.5) is 0 Å². The molecule has 0 aliphatic carbocycles. The van der Waals surface area contributed by atoms with Gasteiger partial charge in [0.2, 0.25) is 5.88 Å². The highest BCUT2D eigenvalue weighted by Crippen LogP contribution is 2.04. The Morgan fingerprint density at radius 1 is 1.40 bits per heavy atom. The number of rotatable bonds is 6. The van der Waals surface area contributed by atoms with Gasteiger partial charge in [0.1, 0.15) is 0 Å². The highest BCUT2D eigenvalue weighted by atomic mass is 16.5. The molecule has 2 N–H and O–H groups in total. The summed E-state index contributed by atoms with van der Waals surface area (Å²) < 4.78 is 5.44. The van der Waals surface area contributed by atoms with Gasteiger partial charge in [-0.1, -0.05) is 0 Å². The highest BCUT2D eigenvalue weighted by Gasteiger charge is 1.98. The van der Waals surface area contributed by atoms with E-state index in [0.29, 0.717) is 19.0 Å². The number of ether oxygens (including phenoxy) is 1. The van der Waals surface area contributed by atoms with E-state index in [2.05, 4.69) is 14.9 Å². The smallest absolute Gasteiger partial charge is 0.232 e. The van der Waals surface area contributed by atoms with Crippen LogP contribution >= 0.6 is 0 Å². The van der Waals surface area contributed by atoms with Crippen LogP contribution in [-0.2, 0) is 6.54 Å². The van der Waals surface area contributed by atoms with Gasteiger partial charge in [-0.2, -0.15) is 0 Å². The summed E-state index contributed by atoms with van der Waals surface area (Å²) in [6.07, 6.45) is 4.23. The van der Waals surface area contributed by atoms with Crippen molar-refractivity contribution in [2.24, 2.45) is 5.73 Å². The van der Waals surface area contributed by atoms with E-state index in [1.54, 1.807) is 12.4 Å². The Hall–Kier alpha value is -1.20. The molecule has 1 heterocycles. The molecule has 1 rings (SSSR count). The van der Waals surface area contributed by atoms with E-state index in [4.69, 9.17) is 10.5 Å². The molecule has 0 saturated heterocycles. The zero-order valence-electron chi connectivity index (χ0n) is 9.31. The first-order valence-electron chi connectivity index (χ1n) is 5.01. The average molecular weight is 210 g/mol. The fraction of sp³-hybridized carbons (Fsp3) is 0.600. The van der Waals surface area contributed by atoms with Crippen molar-refractivity contribution in [3.8, 4) is 5.88 Å². The lowest BCUT2D eigenvalue weighted by Crippen LogP contribution is -2.16. The van der Waals surface area contributed by atoms with E-state index < -0.39 is 0 Å². The summed E-state index contributed by atoms with van der Waals surface area (Å²) in [5.41, 5.74) is 6.20. The molecule has 0 radical (unpaired) electrons. The van der Waals surface area contributed by atoms with Crippen LogP contribution in [0.25, 0.3) is 0 Å². The minimum Gasteiger partial charge on any atom is -0.477 e. The van der Waals surface area contributed by atoms with E-state index >= 15 is 0 Å². The van der Waals surface area contributed by atoms with Gasteiger partial charge in [-0.3, -0.25) is 4.98 Å². The largest absolute Gasteiger partial charge is 0.477 e. The zero-order valence-corrected chi connectivity index (χ0v) is 9.31. The molecule has 0 bridgehead atoms. The molecule has 0 saturated carbocycles. The zero-order chi connectivity index (χ0) is 11.1. The Kier molecular flexibility index (Phi) is 5.00. The van der Waals surface area contributed by atoms with Crippen molar-refractivity contribution in [3.63, 3.8) is 0 Å². The summed E-state index contributed by atoms with van der Waals surface area (Å²) in [7, 11) is 4.07. The molecule has 0 atom stereocenters. The second kappa shape index (κ2) is 6.31. The fourth-order valence-corrected chi connectivity index (χ4v) is 1.11. The van der Waals surface area contributed by atoms with E-state index in [0.717, 1.165) is 18.7 Å². The molecule has 0 aliphatic rings. The van der Waals surface area contributed by atoms with Gasteiger partial charge in [-0.05, 0) is 20.5 Å². The van der Waals surface area contributed by atoms with Crippen LogP contribution in [0.5, 0.6) is 5.88 Å². The number of hydrogen-bond donors (Lipinski definition) is 1. The summed E-state index contributed by atoms with van der Waals surface area (Å²) in [4.78, 5) is 10.3. The average Bonchev–Trinajstić information content (AvgIpc) is 2.24. The topological polar surface area (TPSA) is 64.3 Å². The third-order valence-corrected chi connectivity index (χ3v) is 1.87. The maximum Gasteiger partial charge on any atom is 0.232 e. The van der Waals surface area contributed by atoms with Crippen molar-refractivity contribution in [1.29, 1.82) is 0 Å². The van der Waals surface area contributed by atoms with Crippen LogP contribution in [0.3, 0.4) is 0 Å². The van der Waals surface area contributed by atoms with Crippen LogP contribution in [0.2, 0.25) is 0 Å². The molecule has 15 heavy (non-hydrogen) atoms. The lowest BCUT2D eigenvalue weighted by molar-refractivity contribution is 0.271. The van der Waals surface area contributed by atoms with Crippen LogP contribution in [0, 0.1) is 0 Å². The van der Waals surface area contributed by atoms with Crippen molar-refractivity contribution in [3.05, 3.63) is 18.1 Å². The van der Waals surface area contributed by atoms with Gasteiger partial charge in [0, 0.05) is 19.3 Å². The maximum absolute atomic E-state index is 5.45. The number of nitrogens with zero attached hydrogens (tertiary/aromatic N) is 3. The molecule has 0 unspecified atom stereocenters. The summed E-state index contributed by atoms with van der Waals surface area (Å²) in [6.45, 7) is 2.05. The molecular weight excluding hydrogens is 192 g/mol. The van der Waals surface area contributed by atoms with Gasteiger partial charge < -0.3 is 15.4 Å². The van der Waals surface area contributed by atoms with E-state index in [1.165, 1.54) is 0 Å². The lowest BCUT2D eigenvalue weighted by atomic mass is 10.4. The Bertz CT molecular complexity index is 291.